The zero-order chi connectivity index (χ0) is 17.8. The molecule has 132 valence electrons. The summed E-state index contributed by atoms with van der Waals surface area (Å²) in [6.07, 6.45) is 9.67. The van der Waals surface area contributed by atoms with Crippen molar-refractivity contribution in [3.05, 3.63) is 60.0 Å². The van der Waals surface area contributed by atoms with Gasteiger partial charge in [0.15, 0.2) is 5.65 Å². The van der Waals surface area contributed by atoms with Crippen molar-refractivity contribution in [1.29, 1.82) is 0 Å². The molecule has 1 fully saturated rings. The molecule has 0 N–H and O–H groups in total. The predicted octanol–water partition coefficient (Wildman–Crippen LogP) is 3.12. The van der Waals surface area contributed by atoms with E-state index in [1.54, 1.807) is 0 Å². The van der Waals surface area contributed by atoms with Gasteiger partial charge >= 0.3 is 0 Å². The lowest BCUT2D eigenvalue weighted by Gasteiger charge is -2.32. The summed E-state index contributed by atoms with van der Waals surface area (Å²) in [5.74, 6) is 4.86. The third-order valence-corrected chi connectivity index (χ3v) is 4.89. The molecule has 0 aliphatic carbocycles. The van der Waals surface area contributed by atoms with E-state index in [2.05, 4.69) is 31.5 Å². The number of aromatic nitrogens is 3. The van der Waals surface area contributed by atoms with Crippen molar-refractivity contribution in [3.8, 4) is 18.1 Å². The van der Waals surface area contributed by atoms with E-state index in [0.29, 0.717) is 12.5 Å². The molecule has 1 unspecified atom stereocenters. The van der Waals surface area contributed by atoms with Crippen LogP contribution in [0.4, 0.5) is 0 Å². The van der Waals surface area contributed by atoms with E-state index < -0.39 is 0 Å². The molecule has 3 aromatic rings. The fourth-order valence-corrected chi connectivity index (χ4v) is 3.68. The number of pyridine rings is 1. The molecule has 0 bridgehead atoms. The van der Waals surface area contributed by atoms with Crippen molar-refractivity contribution < 1.29 is 4.74 Å². The molecule has 5 heteroatoms. The van der Waals surface area contributed by atoms with Gasteiger partial charge in [0.25, 0.3) is 0 Å². The first-order valence-corrected chi connectivity index (χ1v) is 9.01. The molecule has 0 spiro atoms. The van der Waals surface area contributed by atoms with Gasteiger partial charge in [-0.1, -0.05) is 30.2 Å². The lowest BCUT2D eigenvalue weighted by atomic mass is 9.96. The van der Waals surface area contributed by atoms with Gasteiger partial charge in [0.1, 0.15) is 18.2 Å². The number of ether oxygens (including phenoxy) is 1. The quantitative estimate of drug-likeness (QED) is 0.666. The first-order valence-electron chi connectivity index (χ1n) is 9.01. The zero-order valence-corrected chi connectivity index (χ0v) is 14.7. The Labute approximate surface area is 153 Å². The van der Waals surface area contributed by atoms with Gasteiger partial charge in [-0.3, -0.25) is 9.30 Å². The summed E-state index contributed by atoms with van der Waals surface area (Å²) in [4.78, 5) is 2.47. The minimum atomic E-state index is 0.297. The largest absolute Gasteiger partial charge is 0.481 e. The van der Waals surface area contributed by atoms with Gasteiger partial charge in [-0.15, -0.1) is 16.6 Å². The highest BCUT2D eigenvalue weighted by Crippen LogP contribution is 2.28. The fourth-order valence-electron chi connectivity index (χ4n) is 3.68. The minimum absolute atomic E-state index is 0.297. The zero-order valence-electron chi connectivity index (χ0n) is 14.7. The second kappa shape index (κ2) is 7.59. The van der Waals surface area contributed by atoms with Crippen LogP contribution in [0.1, 0.15) is 30.1 Å². The summed E-state index contributed by atoms with van der Waals surface area (Å²) in [5, 5.41) is 8.76. The summed E-state index contributed by atoms with van der Waals surface area (Å²) in [7, 11) is 0. The summed E-state index contributed by atoms with van der Waals surface area (Å²) in [6, 6.07) is 14.1. The van der Waals surface area contributed by atoms with Crippen LogP contribution in [0.3, 0.4) is 0 Å². The highest BCUT2D eigenvalue weighted by molar-refractivity contribution is 5.38. The van der Waals surface area contributed by atoms with Crippen LogP contribution < -0.4 is 4.74 Å². The monoisotopic (exact) mass is 346 g/mol. The number of nitrogens with zero attached hydrogens (tertiary/aromatic N) is 4. The second-order valence-corrected chi connectivity index (χ2v) is 6.66. The molecule has 1 aromatic carbocycles. The Morgan fingerprint density at radius 3 is 2.96 bits per heavy atom. The summed E-state index contributed by atoms with van der Waals surface area (Å²) >= 11 is 0. The number of hydrogen-bond donors (Lipinski definition) is 0. The number of fused-ring (bicyclic) bond motifs is 1. The average Bonchev–Trinajstić information content (AvgIpc) is 3.12. The van der Waals surface area contributed by atoms with Crippen molar-refractivity contribution in [1.82, 2.24) is 19.5 Å². The predicted molar refractivity (Wildman–Crippen MR) is 101 cm³/mol. The number of hydrogen-bond acceptors (Lipinski definition) is 4. The minimum Gasteiger partial charge on any atom is -0.481 e. The molecule has 2 aromatic heterocycles. The van der Waals surface area contributed by atoms with Crippen LogP contribution in [-0.2, 0) is 6.54 Å². The molecule has 0 radical (unpaired) electrons. The molecule has 3 heterocycles. The number of terminal acetylenes is 1. The molecule has 5 nitrogen and oxygen atoms in total. The topological polar surface area (TPSA) is 42.7 Å². The fraction of sp³-hybridized carbons (Fsp3) is 0.333. The third kappa shape index (κ3) is 3.42. The summed E-state index contributed by atoms with van der Waals surface area (Å²) in [5.41, 5.74) is 2.09. The molecule has 0 saturated carbocycles. The van der Waals surface area contributed by atoms with Crippen LogP contribution in [0.5, 0.6) is 5.75 Å². The Bertz CT molecular complexity index is 927. The molecule has 1 atom stereocenters. The number of likely N-dealkylation sites (tertiary alicyclic amines) is 1. The number of piperidine rings is 1. The van der Waals surface area contributed by atoms with Crippen LogP contribution >= 0.6 is 0 Å². The highest BCUT2D eigenvalue weighted by atomic mass is 16.5. The van der Waals surface area contributed by atoms with Gasteiger partial charge in [0, 0.05) is 30.8 Å². The Hall–Kier alpha value is -2.84. The maximum absolute atomic E-state index is 5.70. The molecule has 0 amide bonds. The van der Waals surface area contributed by atoms with E-state index in [1.807, 2.05) is 42.6 Å². The van der Waals surface area contributed by atoms with E-state index in [0.717, 1.165) is 49.7 Å². The first-order chi connectivity index (χ1) is 12.8. The molecule has 1 saturated heterocycles. The molecule has 1 aliphatic rings. The van der Waals surface area contributed by atoms with E-state index >= 15 is 0 Å². The van der Waals surface area contributed by atoms with Crippen LogP contribution in [0.15, 0.2) is 48.7 Å². The summed E-state index contributed by atoms with van der Waals surface area (Å²) < 4.78 is 7.80. The summed E-state index contributed by atoms with van der Waals surface area (Å²) in [6.45, 7) is 3.20. The lowest BCUT2D eigenvalue weighted by molar-refractivity contribution is 0.193. The Balaban J connectivity index is 1.50. The molecular weight excluding hydrogens is 324 g/mol. The number of benzene rings is 1. The van der Waals surface area contributed by atoms with Gasteiger partial charge in [0.05, 0.1) is 0 Å². The van der Waals surface area contributed by atoms with Gasteiger partial charge in [0.2, 0.25) is 0 Å². The smallest absolute Gasteiger partial charge is 0.160 e. The van der Waals surface area contributed by atoms with E-state index in [9.17, 15) is 0 Å². The standard InChI is InChI=1S/C21H22N4O/c1-2-14-26-19-10-4-3-8-17(19)15-24-12-7-9-18(16-24)21-23-22-20-11-5-6-13-25(20)21/h1,3-6,8,10-11,13,18H,7,9,12,14-16H2. The van der Waals surface area contributed by atoms with Gasteiger partial charge in [-0.05, 0) is 37.6 Å². The van der Waals surface area contributed by atoms with Crippen molar-refractivity contribution in [3.63, 3.8) is 0 Å². The maximum atomic E-state index is 5.70. The van der Waals surface area contributed by atoms with Crippen molar-refractivity contribution in [2.45, 2.75) is 25.3 Å². The molecule has 4 rings (SSSR count). The highest BCUT2D eigenvalue weighted by Gasteiger charge is 2.25. The van der Waals surface area contributed by atoms with E-state index in [-0.39, 0.29) is 0 Å². The molecule has 26 heavy (non-hydrogen) atoms. The van der Waals surface area contributed by atoms with E-state index in [4.69, 9.17) is 11.2 Å². The van der Waals surface area contributed by atoms with Gasteiger partial charge < -0.3 is 4.74 Å². The Morgan fingerprint density at radius 1 is 1.15 bits per heavy atom. The maximum Gasteiger partial charge on any atom is 0.160 e. The number of rotatable bonds is 5. The Kier molecular flexibility index (Phi) is 4.85. The van der Waals surface area contributed by atoms with Gasteiger partial charge in [-0.25, -0.2) is 0 Å². The van der Waals surface area contributed by atoms with Crippen LogP contribution in [0.2, 0.25) is 0 Å². The van der Waals surface area contributed by atoms with Gasteiger partial charge in [-0.2, -0.15) is 0 Å². The first kappa shape index (κ1) is 16.6. The van der Waals surface area contributed by atoms with Crippen molar-refractivity contribution in [2.75, 3.05) is 19.7 Å². The molecular formula is C21H22N4O. The van der Waals surface area contributed by atoms with E-state index in [1.165, 1.54) is 5.56 Å². The average molecular weight is 346 g/mol. The van der Waals surface area contributed by atoms with Crippen molar-refractivity contribution in [2.24, 2.45) is 0 Å². The Morgan fingerprint density at radius 2 is 2.04 bits per heavy atom. The van der Waals surface area contributed by atoms with Crippen LogP contribution in [0, 0.1) is 12.3 Å². The number of para-hydroxylation sites is 1. The van der Waals surface area contributed by atoms with Crippen LogP contribution in [0.25, 0.3) is 5.65 Å². The lowest BCUT2D eigenvalue weighted by Crippen LogP contribution is -2.34. The SMILES string of the molecule is C#CCOc1ccccc1CN1CCCC(c2nnc3ccccn23)C1. The second-order valence-electron chi connectivity index (χ2n) is 6.66. The van der Waals surface area contributed by atoms with Crippen molar-refractivity contribution >= 4 is 5.65 Å². The molecule has 1 aliphatic heterocycles. The third-order valence-electron chi connectivity index (χ3n) is 4.89. The van der Waals surface area contributed by atoms with Crippen LogP contribution in [-0.4, -0.2) is 39.2 Å². The normalized spacial score (nSPS) is 17.9.